The molecule has 0 amide bonds. The molecular formula is C17H23N3S. The van der Waals surface area contributed by atoms with Crippen molar-refractivity contribution in [2.45, 2.75) is 39.3 Å². The number of hydrogen-bond donors (Lipinski definition) is 1. The maximum absolute atomic E-state index is 4.44. The second-order valence-corrected chi connectivity index (χ2v) is 7.04. The van der Waals surface area contributed by atoms with Gasteiger partial charge in [0.25, 0.3) is 0 Å². The standard InChI is InChI=1S/C17H23N3S/c1-13-11-19-17(21-13)14(2)18-12-15-5-7-16(8-6-15)20-9-3-4-10-20/h5-8,11,14,18H,3-4,9-10,12H2,1-2H3. The molecule has 1 unspecified atom stereocenters. The maximum Gasteiger partial charge on any atom is 0.109 e. The Balaban J connectivity index is 1.55. The summed E-state index contributed by atoms with van der Waals surface area (Å²) < 4.78 is 0. The fourth-order valence-corrected chi connectivity index (χ4v) is 3.53. The second kappa shape index (κ2) is 6.58. The molecule has 2 aromatic rings. The van der Waals surface area contributed by atoms with Crippen molar-refractivity contribution < 1.29 is 0 Å². The highest BCUT2D eigenvalue weighted by Gasteiger charge is 2.12. The third-order valence-corrected chi connectivity index (χ3v) is 5.12. The lowest BCUT2D eigenvalue weighted by molar-refractivity contribution is 0.572. The van der Waals surface area contributed by atoms with Crippen LogP contribution in [0.3, 0.4) is 0 Å². The average molecular weight is 301 g/mol. The van der Waals surface area contributed by atoms with Crippen LogP contribution < -0.4 is 10.2 Å². The molecule has 112 valence electrons. The summed E-state index contributed by atoms with van der Waals surface area (Å²) in [7, 11) is 0. The van der Waals surface area contributed by atoms with Gasteiger partial charge >= 0.3 is 0 Å². The Bertz CT molecular complexity index is 570. The zero-order valence-corrected chi connectivity index (χ0v) is 13.6. The van der Waals surface area contributed by atoms with Crippen molar-refractivity contribution in [2.24, 2.45) is 0 Å². The first-order valence-electron chi connectivity index (χ1n) is 7.72. The normalized spacial score (nSPS) is 16.4. The number of aryl methyl sites for hydroxylation is 1. The molecule has 1 aliphatic rings. The van der Waals surface area contributed by atoms with E-state index >= 15 is 0 Å². The number of anilines is 1. The van der Waals surface area contributed by atoms with Gasteiger partial charge in [-0.05, 0) is 44.4 Å². The summed E-state index contributed by atoms with van der Waals surface area (Å²) in [6, 6.07) is 9.28. The molecular weight excluding hydrogens is 278 g/mol. The van der Waals surface area contributed by atoms with Crippen LogP contribution in [0, 0.1) is 6.92 Å². The molecule has 0 aliphatic carbocycles. The zero-order valence-electron chi connectivity index (χ0n) is 12.8. The molecule has 2 heterocycles. The van der Waals surface area contributed by atoms with Crippen LogP contribution in [0.4, 0.5) is 5.69 Å². The molecule has 0 bridgehead atoms. The Hall–Kier alpha value is -1.39. The quantitative estimate of drug-likeness (QED) is 0.908. The third kappa shape index (κ3) is 3.63. The van der Waals surface area contributed by atoms with Crippen molar-refractivity contribution in [1.82, 2.24) is 10.3 Å². The third-order valence-electron chi connectivity index (χ3n) is 4.03. The van der Waals surface area contributed by atoms with E-state index in [0.717, 1.165) is 6.54 Å². The van der Waals surface area contributed by atoms with Gasteiger partial charge in [0.1, 0.15) is 5.01 Å². The number of thiazole rings is 1. The van der Waals surface area contributed by atoms with E-state index in [1.54, 1.807) is 11.3 Å². The van der Waals surface area contributed by atoms with Crippen molar-refractivity contribution >= 4 is 17.0 Å². The summed E-state index contributed by atoms with van der Waals surface area (Å²) in [5.41, 5.74) is 2.69. The monoisotopic (exact) mass is 301 g/mol. The van der Waals surface area contributed by atoms with Crippen LogP contribution in [-0.4, -0.2) is 18.1 Å². The highest BCUT2D eigenvalue weighted by atomic mass is 32.1. The summed E-state index contributed by atoms with van der Waals surface area (Å²) in [5, 5.41) is 4.72. The predicted octanol–water partition coefficient (Wildman–Crippen LogP) is 3.90. The van der Waals surface area contributed by atoms with E-state index < -0.39 is 0 Å². The van der Waals surface area contributed by atoms with E-state index in [1.165, 1.54) is 47.1 Å². The molecule has 1 saturated heterocycles. The summed E-state index contributed by atoms with van der Waals surface area (Å²) >= 11 is 1.77. The van der Waals surface area contributed by atoms with Crippen molar-refractivity contribution in [3.05, 3.63) is 45.9 Å². The lowest BCUT2D eigenvalue weighted by atomic mass is 10.2. The molecule has 3 nitrogen and oxygen atoms in total. The van der Waals surface area contributed by atoms with Gasteiger partial charge in [-0.2, -0.15) is 0 Å². The van der Waals surface area contributed by atoms with Crippen LogP contribution in [0.25, 0.3) is 0 Å². The van der Waals surface area contributed by atoms with Crippen molar-refractivity contribution in [3.8, 4) is 0 Å². The topological polar surface area (TPSA) is 28.2 Å². The number of nitrogens with zero attached hydrogens (tertiary/aromatic N) is 2. The van der Waals surface area contributed by atoms with E-state index in [0.29, 0.717) is 6.04 Å². The zero-order chi connectivity index (χ0) is 14.7. The minimum Gasteiger partial charge on any atom is -0.372 e. The number of hydrogen-bond acceptors (Lipinski definition) is 4. The van der Waals surface area contributed by atoms with E-state index in [9.17, 15) is 0 Å². The first-order valence-corrected chi connectivity index (χ1v) is 8.53. The Labute approximate surface area is 131 Å². The van der Waals surface area contributed by atoms with Gasteiger partial charge in [-0.3, -0.25) is 0 Å². The van der Waals surface area contributed by atoms with Crippen LogP contribution in [0.15, 0.2) is 30.5 Å². The molecule has 0 spiro atoms. The Morgan fingerprint density at radius 1 is 1.24 bits per heavy atom. The first-order chi connectivity index (χ1) is 10.2. The van der Waals surface area contributed by atoms with Gasteiger partial charge in [0.2, 0.25) is 0 Å². The fourth-order valence-electron chi connectivity index (χ4n) is 2.73. The lowest BCUT2D eigenvalue weighted by Crippen LogP contribution is -2.19. The number of rotatable bonds is 5. The maximum atomic E-state index is 4.44. The molecule has 0 radical (unpaired) electrons. The van der Waals surface area contributed by atoms with Crippen molar-refractivity contribution in [1.29, 1.82) is 0 Å². The van der Waals surface area contributed by atoms with Gasteiger partial charge < -0.3 is 10.2 Å². The fraction of sp³-hybridized carbons (Fsp3) is 0.471. The van der Waals surface area contributed by atoms with Gasteiger partial charge in [0.15, 0.2) is 0 Å². The van der Waals surface area contributed by atoms with Crippen LogP contribution in [0.1, 0.15) is 41.3 Å². The Morgan fingerprint density at radius 3 is 2.57 bits per heavy atom. The van der Waals surface area contributed by atoms with Crippen molar-refractivity contribution in [2.75, 3.05) is 18.0 Å². The summed E-state index contributed by atoms with van der Waals surface area (Å²) in [4.78, 5) is 8.19. The van der Waals surface area contributed by atoms with Gasteiger partial charge in [-0.25, -0.2) is 4.98 Å². The first kappa shape index (κ1) is 14.5. The Kier molecular flexibility index (Phi) is 4.56. The Morgan fingerprint density at radius 2 is 1.95 bits per heavy atom. The SMILES string of the molecule is Cc1cnc(C(C)NCc2ccc(N3CCCC3)cc2)s1. The number of aromatic nitrogens is 1. The van der Waals surface area contributed by atoms with E-state index in [-0.39, 0.29) is 0 Å². The molecule has 0 saturated carbocycles. The van der Waals surface area contributed by atoms with Crippen LogP contribution in [0.2, 0.25) is 0 Å². The van der Waals surface area contributed by atoms with Gasteiger partial charge in [-0.1, -0.05) is 12.1 Å². The molecule has 1 N–H and O–H groups in total. The van der Waals surface area contributed by atoms with Crippen molar-refractivity contribution in [3.63, 3.8) is 0 Å². The van der Waals surface area contributed by atoms with E-state index in [4.69, 9.17) is 0 Å². The highest BCUT2D eigenvalue weighted by Crippen LogP contribution is 2.22. The summed E-state index contributed by atoms with van der Waals surface area (Å²) in [6.07, 6.45) is 4.60. The minimum absolute atomic E-state index is 0.307. The summed E-state index contributed by atoms with van der Waals surface area (Å²) in [5.74, 6) is 0. The largest absolute Gasteiger partial charge is 0.372 e. The van der Waals surface area contributed by atoms with E-state index in [2.05, 4.69) is 53.3 Å². The molecule has 3 rings (SSSR count). The smallest absolute Gasteiger partial charge is 0.109 e. The van der Waals surface area contributed by atoms with Gasteiger partial charge in [-0.15, -0.1) is 11.3 Å². The molecule has 1 atom stereocenters. The van der Waals surface area contributed by atoms with Crippen LogP contribution in [0.5, 0.6) is 0 Å². The molecule has 1 aromatic carbocycles. The van der Waals surface area contributed by atoms with Crippen LogP contribution >= 0.6 is 11.3 Å². The second-order valence-electron chi connectivity index (χ2n) is 5.77. The van der Waals surface area contributed by atoms with Gasteiger partial charge in [0, 0.05) is 36.4 Å². The van der Waals surface area contributed by atoms with E-state index in [1.807, 2.05) is 6.20 Å². The molecule has 1 fully saturated rings. The molecule has 4 heteroatoms. The summed E-state index contributed by atoms with van der Waals surface area (Å²) in [6.45, 7) is 7.58. The number of nitrogens with one attached hydrogen (secondary N) is 1. The minimum atomic E-state index is 0.307. The predicted molar refractivity (Wildman–Crippen MR) is 90.0 cm³/mol. The number of benzene rings is 1. The molecule has 1 aliphatic heterocycles. The van der Waals surface area contributed by atoms with Crippen LogP contribution in [-0.2, 0) is 6.54 Å². The molecule has 21 heavy (non-hydrogen) atoms. The average Bonchev–Trinajstić information content (AvgIpc) is 3.16. The van der Waals surface area contributed by atoms with Gasteiger partial charge in [0.05, 0.1) is 6.04 Å². The molecule has 1 aromatic heterocycles. The lowest BCUT2D eigenvalue weighted by Gasteiger charge is -2.18. The highest BCUT2D eigenvalue weighted by molar-refractivity contribution is 7.11.